The van der Waals surface area contributed by atoms with Gasteiger partial charge in [0.15, 0.2) is 0 Å². The van der Waals surface area contributed by atoms with Crippen molar-refractivity contribution >= 4 is 6.08 Å². The number of hydrogen-bond acceptors (Lipinski definition) is 0. The first-order valence-electron chi connectivity index (χ1n) is 6.13. The second kappa shape index (κ2) is 8.28. The van der Waals surface area contributed by atoms with Gasteiger partial charge in [0.05, 0.1) is 0 Å². The van der Waals surface area contributed by atoms with Crippen molar-refractivity contribution in [1.29, 1.82) is 0 Å². The molecule has 15 heavy (non-hydrogen) atoms. The maximum Gasteiger partial charge on any atom is -0.0225 e. The summed E-state index contributed by atoms with van der Waals surface area (Å²) in [6.45, 7) is 10.2. The Bertz CT molecular complexity index is 295. The number of aryl methyl sites for hydroxylation is 1. The summed E-state index contributed by atoms with van der Waals surface area (Å²) >= 11 is 0. The zero-order valence-electron chi connectivity index (χ0n) is 10.8. The van der Waals surface area contributed by atoms with Crippen LogP contribution in [0.25, 0.3) is 6.08 Å². The molecule has 0 N–H and O–H groups in total. The van der Waals surface area contributed by atoms with E-state index in [4.69, 9.17) is 0 Å². The fourth-order valence-corrected chi connectivity index (χ4v) is 1.66. The van der Waals surface area contributed by atoms with Crippen molar-refractivity contribution in [1.82, 2.24) is 0 Å². The van der Waals surface area contributed by atoms with E-state index in [0.717, 1.165) is 0 Å². The molecule has 0 nitrogen and oxygen atoms in total. The number of fused-ring (bicyclic) bond motifs is 1. The summed E-state index contributed by atoms with van der Waals surface area (Å²) in [6, 6.07) is 6.51. The average Bonchev–Trinajstić information content (AvgIpc) is 2.35. The Labute approximate surface area is 95.0 Å². The zero-order valence-corrected chi connectivity index (χ0v) is 10.8. The van der Waals surface area contributed by atoms with Crippen molar-refractivity contribution < 1.29 is 0 Å². The Morgan fingerprint density at radius 3 is 2.27 bits per heavy atom. The van der Waals surface area contributed by atoms with E-state index in [2.05, 4.69) is 37.3 Å². The summed E-state index contributed by atoms with van der Waals surface area (Å²) in [7, 11) is 0. The number of benzene rings is 1. The van der Waals surface area contributed by atoms with Crippen molar-refractivity contribution in [2.75, 3.05) is 0 Å². The number of hydrogen-bond donors (Lipinski definition) is 0. The highest BCUT2D eigenvalue weighted by molar-refractivity contribution is 5.58. The van der Waals surface area contributed by atoms with Crippen molar-refractivity contribution in [2.24, 2.45) is 0 Å². The molecule has 84 valence electrons. The van der Waals surface area contributed by atoms with E-state index in [0.29, 0.717) is 0 Å². The topological polar surface area (TPSA) is 0 Å². The molecule has 0 aromatic heterocycles. The fourth-order valence-electron chi connectivity index (χ4n) is 1.66. The van der Waals surface area contributed by atoms with Crippen molar-refractivity contribution in [3.63, 3.8) is 0 Å². The van der Waals surface area contributed by atoms with E-state index in [-0.39, 0.29) is 0 Å². The van der Waals surface area contributed by atoms with E-state index >= 15 is 0 Å². The van der Waals surface area contributed by atoms with Crippen LogP contribution in [0.15, 0.2) is 24.3 Å². The largest absolute Gasteiger partial charge is 0.0836 e. The molecule has 0 unspecified atom stereocenters. The van der Waals surface area contributed by atoms with Gasteiger partial charge in [-0.1, -0.05) is 58.0 Å². The van der Waals surface area contributed by atoms with Gasteiger partial charge in [0.1, 0.15) is 0 Å². The summed E-state index contributed by atoms with van der Waals surface area (Å²) in [5.74, 6) is 0. The zero-order chi connectivity index (χ0) is 11.7. The minimum atomic E-state index is 1.21. The van der Waals surface area contributed by atoms with Crippen LogP contribution in [0.4, 0.5) is 0 Å². The highest BCUT2D eigenvalue weighted by Crippen LogP contribution is 2.21. The third-order valence-electron chi connectivity index (χ3n) is 2.30. The summed E-state index contributed by atoms with van der Waals surface area (Å²) < 4.78 is 0. The monoisotopic (exact) mass is 204 g/mol. The molecule has 0 heteroatoms. The molecule has 0 aliphatic heterocycles. The Balaban J connectivity index is 0.000000442. The van der Waals surface area contributed by atoms with E-state index in [1.54, 1.807) is 0 Å². The van der Waals surface area contributed by atoms with Gasteiger partial charge in [-0.2, -0.15) is 0 Å². The predicted octanol–water partition coefficient (Wildman–Crippen LogP) is 5.01. The van der Waals surface area contributed by atoms with Crippen LogP contribution in [-0.2, 0) is 6.42 Å². The fraction of sp³-hybridized carbons (Fsp3) is 0.467. The normalized spacial score (nSPS) is 11.5. The second-order valence-electron chi connectivity index (χ2n) is 3.08. The SMILES string of the molecule is CC.CC.Cc1cccc2c1CCC=C2. The van der Waals surface area contributed by atoms with Crippen LogP contribution in [0, 0.1) is 6.92 Å². The minimum Gasteiger partial charge on any atom is -0.0836 e. The molecule has 0 saturated carbocycles. The first-order valence-corrected chi connectivity index (χ1v) is 6.13. The highest BCUT2D eigenvalue weighted by Gasteiger charge is 2.04. The third-order valence-corrected chi connectivity index (χ3v) is 2.30. The Hall–Kier alpha value is -1.04. The second-order valence-corrected chi connectivity index (χ2v) is 3.08. The Morgan fingerprint density at radius 1 is 1.00 bits per heavy atom. The number of rotatable bonds is 0. The van der Waals surface area contributed by atoms with Crippen LogP contribution in [0.3, 0.4) is 0 Å². The summed E-state index contributed by atoms with van der Waals surface area (Å²) in [5.41, 5.74) is 4.39. The Kier molecular flexibility index (Phi) is 7.71. The Morgan fingerprint density at radius 2 is 1.67 bits per heavy atom. The van der Waals surface area contributed by atoms with Gasteiger partial charge in [0, 0.05) is 0 Å². The molecule has 0 fully saturated rings. The molecule has 0 bridgehead atoms. The predicted molar refractivity (Wildman–Crippen MR) is 71.2 cm³/mol. The van der Waals surface area contributed by atoms with Gasteiger partial charge in [-0.25, -0.2) is 0 Å². The molecular weight excluding hydrogens is 180 g/mol. The molecule has 0 atom stereocenters. The lowest BCUT2D eigenvalue weighted by atomic mass is 9.94. The molecule has 0 saturated heterocycles. The lowest BCUT2D eigenvalue weighted by molar-refractivity contribution is 0.971. The van der Waals surface area contributed by atoms with E-state index in [9.17, 15) is 0 Å². The van der Waals surface area contributed by atoms with Crippen LogP contribution < -0.4 is 0 Å². The van der Waals surface area contributed by atoms with E-state index in [1.807, 2.05) is 27.7 Å². The summed E-state index contributed by atoms with van der Waals surface area (Å²) in [5, 5.41) is 0. The van der Waals surface area contributed by atoms with Crippen LogP contribution in [0.1, 0.15) is 50.8 Å². The third kappa shape index (κ3) is 3.91. The molecule has 1 aromatic carbocycles. The van der Waals surface area contributed by atoms with Gasteiger partial charge in [-0.3, -0.25) is 0 Å². The first-order chi connectivity index (χ1) is 7.38. The lowest BCUT2D eigenvalue weighted by Gasteiger charge is -2.12. The van der Waals surface area contributed by atoms with Gasteiger partial charge >= 0.3 is 0 Å². The molecule has 0 spiro atoms. The van der Waals surface area contributed by atoms with Crippen LogP contribution >= 0.6 is 0 Å². The number of allylic oxidation sites excluding steroid dienone is 1. The maximum absolute atomic E-state index is 2.25. The highest BCUT2D eigenvalue weighted by atomic mass is 14.1. The summed E-state index contributed by atoms with van der Waals surface area (Å²) in [6.07, 6.45) is 6.91. The molecule has 0 amide bonds. The van der Waals surface area contributed by atoms with Gasteiger partial charge in [-0.15, -0.1) is 0 Å². The molecule has 1 aromatic rings. The summed E-state index contributed by atoms with van der Waals surface area (Å²) in [4.78, 5) is 0. The molecule has 2 rings (SSSR count). The molecule has 1 aliphatic rings. The first kappa shape index (κ1) is 14.0. The maximum atomic E-state index is 2.25. The van der Waals surface area contributed by atoms with E-state index < -0.39 is 0 Å². The smallest absolute Gasteiger partial charge is 0.0225 e. The minimum absolute atomic E-state index is 1.21. The average molecular weight is 204 g/mol. The molecule has 0 heterocycles. The van der Waals surface area contributed by atoms with Gasteiger partial charge < -0.3 is 0 Å². The molecular formula is C15H24. The van der Waals surface area contributed by atoms with Gasteiger partial charge in [0.25, 0.3) is 0 Å². The van der Waals surface area contributed by atoms with Gasteiger partial charge in [-0.05, 0) is 36.5 Å². The van der Waals surface area contributed by atoms with Gasteiger partial charge in [0.2, 0.25) is 0 Å². The molecule has 1 aliphatic carbocycles. The van der Waals surface area contributed by atoms with Crippen LogP contribution in [0.2, 0.25) is 0 Å². The van der Waals surface area contributed by atoms with Crippen molar-refractivity contribution in [3.05, 3.63) is 41.0 Å². The van der Waals surface area contributed by atoms with Crippen molar-refractivity contribution in [3.8, 4) is 0 Å². The standard InChI is InChI=1S/C11H12.2C2H6/c1-9-5-4-7-10-6-2-3-8-11(9)10;2*1-2/h2,4-7H,3,8H2,1H3;2*1-2H3. The van der Waals surface area contributed by atoms with E-state index in [1.165, 1.54) is 29.5 Å². The molecule has 0 radical (unpaired) electrons. The van der Waals surface area contributed by atoms with Crippen LogP contribution in [-0.4, -0.2) is 0 Å². The van der Waals surface area contributed by atoms with Crippen LogP contribution in [0.5, 0.6) is 0 Å². The lowest BCUT2D eigenvalue weighted by Crippen LogP contribution is -1.96. The van der Waals surface area contributed by atoms with Crippen molar-refractivity contribution in [2.45, 2.75) is 47.5 Å². The quantitative estimate of drug-likeness (QED) is 0.557.